The molecule has 1 atom stereocenters. The lowest BCUT2D eigenvalue weighted by atomic mass is 9.96. The van der Waals surface area contributed by atoms with Crippen molar-refractivity contribution >= 4 is 11.9 Å². The summed E-state index contributed by atoms with van der Waals surface area (Å²) >= 11 is 0. The molecular weight excluding hydrogens is 456 g/mol. The number of nitrogens with zero attached hydrogens (tertiary/aromatic N) is 5. The van der Waals surface area contributed by atoms with Gasteiger partial charge >= 0.3 is 6.01 Å². The summed E-state index contributed by atoms with van der Waals surface area (Å²) in [5.74, 6) is 2.04. The standard InChI is InChI=1S/C27H34N6O3/c1-19-3-4-20(15-28-19)17-32-12-9-21(18-32)16-29-26(34)23-10-13-33(14-11-23)27-30-25(31-36-27)22-5-7-24(35-2)8-6-22/h3-8,15,21,23H,9-14,16-18H2,1-2H3,(H,29,34). The maximum Gasteiger partial charge on any atom is 0.324 e. The van der Waals surface area contributed by atoms with Crippen molar-refractivity contribution in [1.82, 2.24) is 25.3 Å². The molecule has 0 spiro atoms. The number of likely N-dealkylation sites (tertiary alicyclic amines) is 1. The largest absolute Gasteiger partial charge is 0.497 e. The molecule has 4 heterocycles. The van der Waals surface area contributed by atoms with E-state index in [1.165, 1.54) is 5.56 Å². The predicted molar refractivity (Wildman–Crippen MR) is 137 cm³/mol. The van der Waals surface area contributed by atoms with E-state index in [4.69, 9.17) is 9.26 Å². The number of carbonyl (C=O) groups excluding carboxylic acids is 1. The summed E-state index contributed by atoms with van der Waals surface area (Å²) in [6.07, 6.45) is 4.64. The van der Waals surface area contributed by atoms with Crippen molar-refractivity contribution in [1.29, 1.82) is 0 Å². The van der Waals surface area contributed by atoms with Crippen LogP contribution < -0.4 is 15.0 Å². The number of benzene rings is 1. The van der Waals surface area contributed by atoms with Crippen LogP contribution in [0, 0.1) is 18.8 Å². The summed E-state index contributed by atoms with van der Waals surface area (Å²) in [4.78, 5) is 26.3. The Morgan fingerprint density at radius 3 is 2.64 bits per heavy atom. The fraction of sp³-hybridized carbons (Fsp3) is 0.481. The lowest BCUT2D eigenvalue weighted by Gasteiger charge is -2.30. The van der Waals surface area contributed by atoms with E-state index in [-0.39, 0.29) is 11.8 Å². The molecule has 2 fully saturated rings. The molecule has 1 aromatic carbocycles. The van der Waals surface area contributed by atoms with E-state index in [1.54, 1.807) is 7.11 Å². The maximum atomic E-state index is 12.8. The van der Waals surface area contributed by atoms with Gasteiger partial charge in [-0.25, -0.2) is 0 Å². The van der Waals surface area contributed by atoms with Gasteiger partial charge in [0.1, 0.15) is 5.75 Å². The van der Waals surface area contributed by atoms with Crippen LogP contribution >= 0.6 is 0 Å². The van der Waals surface area contributed by atoms with E-state index in [1.807, 2.05) is 37.4 Å². The monoisotopic (exact) mass is 490 g/mol. The predicted octanol–water partition coefficient (Wildman–Crippen LogP) is 3.30. The zero-order valence-electron chi connectivity index (χ0n) is 21.0. The molecule has 9 heteroatoms. The average molecular weight is 491 g/mol. The highest BCUT2D eigenvalue weighted by Gasteiger charge is 2.29. The Morgan fingerprint density at radius 1 is 1.11 bits per heavy atom. The van der Waals surface area contributed by atoms with Gasteiger partial charge < -0.3 is 19.5 Å². The van der Waals surface area contributed by atoms with E-state index in [0.717, 1.165) is 75.5 Å². The number of aromatic nitrogens is 3. The molecule has 9 nitrogen and oxygen atoms in total. The van der Waals surface area contributed by atoms with Crippen LogP contribution in [0.15, 0.2) is 47.1 Å². The van der Waals surface area contributed by atoms with Crippen LogP contribution in [0.5, 0.6) is 5.75 Å². The Balaban J connectivity index is 1.04. The first-order valence-electron chi connectivity index (χ1n) is 12.7. The van der Waals surface area contributed by atoms with Crippen LogP contribution in [0.2, 0.25) is 0 Å². The SMILES string of the molecule is COc1ccc(-c2noc(N3CCC(C(=O)NCC4CCN(Cc5ccc(C)nc5)C4)CC3)n2)cc1. The van der Waals surface area contributed by atoms with Crippen molar-refractivity contribution in [3.63, 3.8) is 0 Å². The molecule has 2 aliphatic rings. The number of pyridine rings is 1. The fourth-order valence-corrected chi connectivity index (χ4v) is 5.00. The van der Waals surface area contributed by atoms with Crippen molar-refractivity contribution in [2.45, 2.75) is 32.7 Å². The fourth-order valence-electron chi connectivity index (χ4n) is 5.00. The molecule has 0 saturated carbocycles. The van der Waals surface area contributed by atoms with Crippen molar-refractivity contribution in [3.05, 3.63) is 53.9 Å². The van der Waals surface area contributed by atoms with Gasteiger partial charge in [-0.1, -0.05) is 11.2 Å². The molecule has 0 radical (unpaired) electrons. The Bertz CT molecular complexity index is 1140. The van der Waals surface area contributed by atoms with E-state index >= 15 is 0 Å². The first-order chi connectivity index (χ1) is 17.6. The normalized spacial score (nSPS) is 18.9. The molecule has 36 heavy (non-hydrogen) atoms. The van der Waals surface area contributed by atoms with Crippen LogP contribution in [0.3, 0.4) is 0 Å². The summed E-state index contributed by atoms with van der Waals surface area (Å²) in [5.41, 5.74) is 3.16. The topological polar surface area (TPSA) is 96.6 Å². The summed E-state index contributed by atoms with van der Waals surface area (Å²) in [7, 11) is 1.64. The molecule has 3 aromatic rings. The summed E-state index contributed by atoms with van der Waals surface area (Å²) < 4.78 is 10.7. The lowest BCUT2D eigenvalue weighted by molar-refractivity contribution is -0.125. The minimum atomic E-state index is 0.0290. The van der Waals surface area contributed by atoms with E-state index in [2.05, 4.69) is 42.4 Å². The molecule has 2 aromatic heterocycles. The number of aryl methyl sites for hydroxylation is 1. The first-order valence-corrected chi connectivity index (χ1v) is 12.7. The average Bonchev–Trinajstić information content (AvgIpc) is 3.59. The quantitative estimate of drug-likeness (QED) is 0.514. The van der Waals surface area contributed by atoms with Gasteiger partial charge in [-0.2, -0.15) is 4.98 Å². The molecule has 2 aliphatic heterocycles. The second kappa shape index (κ2) is 11.1. The van der Waals surface area contributed by atoms with Gasteiger partial charge in [-0.15, -0.1) is 0 Å². The number of piperidine rings is 1. The third-order valence-electron chi connectivity index (χ3n) is 7.21. The number of nitrogens with one attached hydrogen (secondary N) is 1. The molecule has 1 N–H and O–H groups in total. The third kappa shape index (κ3) is 5.84. The van der Waals surface area contributed by atoms with Crippen LogP contribution in [-0.4, -0.2) is 65.8 Å². The van der Waals surface area contributed by atoms with Gasteiger partial charge in [0.05, 0.1) is 7.11 Å². The van der Waals surface area contributed by atoms with Gasteiger partial charge in [-0.05, 0) is 74.5 Å². The first kappa shape index (κ1) is 24.2. The number of anilines is 1. The lowest BCUT2D eigenvalue weighted by Crippen LogP contribution is -2.42. The summed E-state index contributed by atoms with van der Waals surface area (Å²) in [6.45, 7) is 7.21. The minimum absolute atomic E-state index is 0.0290. The Hall–Kier alpha value is -3.46. The Kier molecular flexibility index (Phi) is 7.46. The zero-order valence-corrected chi connectivity index (χ0v) is 21.0. The van der Waals surface area contributed by atoms with Crippen LogP contribution in [0.4, 0.5) is 6.01 Å². The maximum absolute atomic E-state index is 12.8. The molecule has 190 valence electrons. The van der Waals surface area contributed by atoms with E-state index < -0.39 is 0 Å². The Labute approximate surface area is 211 Å². The highest BCUT2D eigenvalue weighted by Crippen LogP contribution is 2.26. The number of rotatable bonds is 8. The zero-order chi connectivity index (χ0) is 24.9. The highest BCUT2D eigenvalue weighted by molar-refractivity contribution is 5.79. The molecule has 1 unspecified atom stereocenters. The Morgan fingerprint density at radius 2 is 1.92 bits per heavy atom. The molecule has 2 saturated heterocycles. The summed E-state index contributed by atoms with van der Waals surface area (Å²) in [5, 5.41) is 7.34. The molecule has 0 bridgehead atoms. The third-order valence-corrected chi connectivity index (χ3v) is 7.21. The van der Waals surface area contributed by atoms with Crippen molar-refractivity contribution in [2.24, 2.45) is 11.8 Å². The van der Waals surface area contributed by atoms with Crippen molar-refractivity contribution in [3.8, 4) is 17.1 Å². The van der Waals surface area contributed by atoms with Gasteiger partial charge in [0.15, 0.2) is 0 Å². The van der Waals surface area contributed by atoms with Crippen LogP contribution in [0.25, 0.3) is 11.4 Å². The second-order valence-corrected chi connectivity index (χ2v) is 9.83. The number of methoxy groups -OCH3 is 1. The number of carbonyl (C=O) groups is 1. The number of ether oxygens (including phenoxy) is 1. The smallest absolute Gasteiger partial charge is 0.324 e. The van der Waals surface area contributed by atoms with Crippen LogP contribution in [0.1, 0.15) is 30.5 Å². The van der Waals surface area contributed by atoms with Gasteiger partial charge in [-0.3, -0.25) is 14.7 Å². The molecule has 0 aliphatic carbocycles. The van der Waals surface area contributed by atoms with Crippen molar-refractivity contribution < 1.29 is 14.1 Å². The second-order valence-electron chi connectivity index (χ2n) is 9.83. The highest BCUT2D eigenvalue weighted by atomic mass is 16.5. The number of hydrogen-bond acceptors (Lipinski definition) is 8. The summed E-state index contributed by atoms with van der Waals surface area (Å²) in [6, 6.07) is 12.3. The van der Waals surface area contributed by atoms with E-state index in [9.17, 15) is 4.79 Å². The van der Waals surface area contributed by atoms with Gasteiger partial charge in [0.2, 0.25) is 11.7 Å². The van der Waals surface area contributed by atoms with Gasteiger partial charge in [0.25, 0.3) is 0 Å². The molecule has 5 rings (SSSR count). The number of hydrogen-bond donors (Lipinski definition) is 1. The van der Waals surface area contributed by atoms with Crippen LogP contribution in [-0.2, 0) is 11.3 Å². The van der Waals surface area contributed by atoms with Crippen molar-refractivity contribution in [2.75, 3.05) is 44.7 Å². The number of amides is 1. The van der Waals surface area contributed by atoms with E-state index in [0.29, 0.717) is 17.8 Å². The molecule has 1 amide bonds. The minimum Gasteiger partial charge on any atom is -0.497 e. The van der Waals surface area contributed by atoms with Gasteiger partial charge in [0, 0.05) is 56.1 Å². The molecular formula is C27H34N6O3.